The van der Waals surface area contributed by atoms with Crippen molar-refractivity contribution in [1.82, 2.24) is 0 Å². The van der Waals surface area contributed by atoms with Crippen molar-refractivity contribution in [3.05, 3.63) is 27.7 Å². The normalized spacial score (nSPS) is 13.0. The summed E-state index contributed by atoms with van der Waals surface area (Å²) in [6.07, 6.45) is 0. The number of benzene rings is 1. The van der Waals surface area contributed by atoms with Gasteiger partial charge in [0, 0.05) is 16.6 Å². The molecule has 0 bridgehead atoms. The fourth-order valence-electron chi connectivity index (χ4n) is 1.02. The summed E-state index contributed by atoms with van der Waals surface area (Å²) in [5, 5.41) is 10.2. The van der Waals surface area contributed by atoms with Gasteiger partial charge in [0.25, 0.3) is 0 Å². The van der Waals surface area contributed by atoms with Gasteiger partial charge in [-0.25, -0.2) is 0 Å². The molecule has 1 aromatic carbocycles. The Hall–Kier alpha value is -0.440. The molecular weight excluding hydrogens is 197 g/mol. The van der Waals surface area contributed by atoms with Crippen molar-refractivity contribution in [2.75, 3.05) is 0 Å². The number of phenolic OH excluding ortho intramolecular Hbond substituents is 1. The van der Waals surface area contributed by atoms with Gasteiger partial charge in [-0.05, 0) is 19.1 Å². The van der Waals surface area contributed by atoms with Crippen molar-refractivity contribution in [2.24, 2.45) is 5.73 Å². The van der Waals surface area contributed by atoms with E-state index in [0.29, 0.717) is 15.6 Å². The van der Waals surface area contributed by atoms with Crippen LogP contribution in [-0.4, -0.2) is 5.11 Å². The maximum Gasteiger partial charge on any atom is 0.123 e. The topological polar surface area (TPSA) is 46.2 Å². The molecule has 0 aromatic heterocycles. The maximum atomic E-state index is 9.39. The van der Waals surface area contributed by atoms with Gasteiger partial charge in [-0.15, -0.1) is 0 Å². The summed E-state index contributed by atoms with van der Waals surface area (Å²) in [4.78, 5) is 0. The second-order valence-electron chi connectivity index (χ2n) is 2.61. The van der Waals surface area contributed by atoms with Crippen LogP contribution in [-0.2, 0) is 0 Å². The first-order valence-corrected chi connectivity index (χ1v) is 4.21. The standard InChI is InChI=1S/C8H9Cl2NO/c1-4(11)8-6(10)2-5(9)3-7(8)12/h2-4,12H,11H2,1H3/t4-/m1/s1. The monoisotopic (exact) mass is 205 g/mol. The third-order valence-corrected chi connectivity index (χ3v) is 2.06. The fourth-order valence-corrected chi connectivity index (χ4v) is 1.68. The molecule has 66 valence electrons. The number of hydrogen-bond acceptors (Lipinski definition) is 2. The van der Waals surface area contributed by atoms with Crippen molar-refractivity contribution >= 4 is 23.2 Å². The van der Waals surface area contributed by atoms with Crippen molar-refractivity contribution in [2.45, 2.75) is 13.0 Å². The second kappa shape index (κ2) is 3.52. The summed E-state index contributed by atoms with van der Waals surface area (Å²) < 4.78 is 0. The Balaban J connectivity index is 3.28. The molecule has 0 spiro atoms. The lowest BCUT2D eigenvalue weighted by Crippen LogP contribution is -2.05. The molecule has 0 fully saturated rings. The molecule has 1 aromatic rings. The van der Waals surface area contributed by atoms with Crippen LogP contribution < -0.4 is 5.73 Å². The van der Waals surface area contributed by atoms with Crippen molar-refractivity contribution in [3.8, 4) is 5.75 Å². The Morgan fingerprint density at radius 1 is 1.42 bits per heavy atom. The molecule has 3 N–H and O–H groups in total. The van der Waals surface area contributed by atoms with Crippen LogP contribution in [0, 0.1) is 0 Å². The molecule has 0 saturated heterocycles. The molecule has 0 radical (unpaired) electrons. The Labute approximate surface area is 80.9 Å². The number of nitrogens with two attached hydrogens (primary N) is 1. The predicted octanol–water partition coefficient (Wildman–Crippen LogP) is 2.72. The van der Waals surface area contributed by atoms with Crippen LogP contribution in [0.4, 0.5) is 0 Å². The van der Waals surface area contributed by atoms with E-state index in [1.54, 1.807) is 13.0 Å². The molecule has 12 heavy (non-hydrogen) atoms. The van der Waals surface area contributed by atoms with Crippen LogP contribution in [0.3, 0.4) is 0 Å². The van der Waals surface area contributed by atoms with Gasteiger partial charge in [0.1, 0.15) is 5.75 Å². The second-order valence-corrected chi connectivity index (χ2v) is 3.45. The molecule has 0 amide bonds. The quantitative estimate of drug-likeness (QED) is 0.741. The maximum absolute atomic E-state index is 9.39. The van der Waals surface area contributed by atoms with E-state index < -0.39 is 0 Å². The first kappa shape index (κ1) is 9.65. The summed E-state index contributed by atoms with van der Waals surface area (Å²) in [6.45, 7) is 1.74. The minimum absolute atomic E-state index is 0.0440. The minimum atomic E-state index is -0.297. The summed E-state index contributed by atoms with van der Waals surface area (Å²) in [5.41, 5.74) is 6.11. The Kier molecular flexibility index (Phi) is 2.83. The molecule has 0 unspecified atom stereocenters. The largest absolute Gasteiger partial charge is 0.508 e. The van der Waals surface area contributed by atoms with E-state index in [9.17, 15) is 5.11 Å². The van der Waals surface area contributed by atoms with E-state index >= 15 is 0 Å². The first-order valence-electron chi connectivity index (χ1n) is 3.46. The molecule has 0 heterocycles. The molecule has 4 heteroatoms. The van der Waals surface area contributed by atoms with E-state index in [-0.39, 0.29) is 11.8 Å². The lowest BCUT2D eigenvalue weighted by Gasteiger charge is -2.10. The molecule has 0 aliphatic rings. The highest BCUT2D eigenvalue weighted by Gasteiger charge is 2.11. The van der Waals surface area contributed by atoms with Crippen LogP contribution in [0.5, 0.6) is 5.75 Å². The van der Waals surface area contributed by atoms with E-state index in [0.717, 1.165) is 0 Å². The smallest absolute Gasteiger partial charge is 0.123 e. The molecule has 0 aliphatic heterocycles. The van der Waals surface area contributed by atoms with Crippen LogP contribution in [0.2, 0.25) is 10.0 Å². The minimum Gasteiger partial charge on any atom is -0.508 e. The average molecular weight is 206 g/mol. The molecular formula is C8H9Cl2NO. The third-order valence-electron chi connectivity index (χ3n) is 1.53. The summed E-state index contributed by atoms with van der Waals surface area (Å²) in [6, 6.07) is 2.68. The van der Waals surface area contributed by atoms with Gasteiger partial charge in [0.05, 0.1) is 5.02 Å². The number of aromatic hydroxyl groups is 1. The van der Waals surface area contributed by atoms with Crippen molar-refractivity contribution in [1.29, 1.82) is 0 Å². The molecule has 0 aliphatic carbocycles. The zero-order valence-electron chi connectivity index (χ0n) is 6.51. The number of hydrogen-bond donors (Lipinski definition) is 2. The van der Waals surface area contributed by atoms with Gasteiger partial charge < -0.3 is 10.8 Å². The van der Waals surface area contributed by atoms with Gasteiger partial charge in [0.2, 0.25) is 0 Å². The Morgan fingerprint density at radius 2 is 2.00 bits per heavy atom. The van der Waals surface area contributed by atoms with Crippen LogP contribution in [0.1, 0.15) is 18.5 Å². The van der Waals surface area contributed by atoms with Gasteiger partial charge in [-0.2, -0.15) is 0 Å². The third kappa shape index (κ3) is 1.83. The van der Waals surface area contributed by atoms with E-state index in [2.05, 4.69) is 0 Å². The summed E-state index contributed by atoms with van der Waals surface area (Å²) >= 11 is 11.4. The van der Waals surface area contributed by atoms with Gasteiger partial charge in [-0.3, -0.25) is 0 Å². The number of halogens is 2. The summed E-state index contributed by atoms with van der Waals surface area (Å²) in [5.74, 6) is 0.0440. The average Bonchev–Trinajstić information content (AvgIpc) is 1.82. The highest BCUT2D eigenvalue weighted by molar-refractivity contribution is 6.35. The molecule has 1 atom stereocenters. The Morgan fingerprint density at radius 3 is 2.42 bits per heavy atom. The fraction of sp³-hybridized carbons (Fsp3) is 0.250. The van der Waals surface area contributed by atoms with Gasteiger partial charge in [-0.1, -0.05) is 23.2 Å². The lowest BCUT2D eigenvalue weighted by atomic mass is 10.1. The van der Waals surface area contributed by atoms with E-state index in [1.807, 2.05) is 0 Å². The summed E-state index contributed by atoms with van der Waals surface area (Å²) in [7, 11) is 0. The van der Waals surface area contributed by atoms with E-state index in [4.69, 9.17) is 28.9 Å². The SMILES string of the molecule is C[C@@H](N)c1c(O)cc(Cl)cc1Cl. The van der Waals surface area contributed by atoms with Gasteiger partial charge >= 0.3 is 0 Å². The van der Waals surface area contributed by atoms with Crippen molar-refractivity contribution < 1.29 is 5.11 Å². The predicted molar refractivity (Wildman–Crippen MR) is 50.7 cm³/mol. The van der Waals surface area contributed by atoms with Crippen molar-refractivity contribution in [3.63, 3.8) is 0 Å². The molecule has 1 rings (SSSR count). The number of phenols is 1. The zero-order chi connectivity index (χ0) is 9.30. The Bertz CT molecular complexity index is 276. The first-order chi connectivity index (χ1) is 5.52. The molecule has 2 nitrogen and oxygen atoms in total. The van der Waals surface area contributed by atoms with Crippen LogP contribution in [0.15, 0.2) is 12.1 Å². The number of rotatable bonds is 1. The lowest BCUT2D eigenvalue weighted by molar-refractivity contribution is 0.464. The van der Waals surface area contributed by atoms with Crippen LogP contribution >= 0.6 is 23.2 Å². The highest BCUT2D eigenvalue weighted by atomic mass is 35.5. The highest BCUT2D eigenvalue weighted by Crippen LogP contribution is 2.33. The zero-order valence-corrected chi connectivity index (χ0v) is 8.02. The van der Waals surface area contributed by atoms with E-state index in [1.165, 1.54) is 6.07 Å². The van der Waals surface area contributed by atoms with Crippen LogP contribution in [0.25, 0.3) is 0 Å². The van der Waals surface area contributed by atoms with Gasteiger partial charge in [0.15, 0.2) is 0 Å². The molecule has 0 saturated carbocycles.